The predicted octanol–water partition coefficient (Wildman–Crippen LogP) is 4.13. The van der Waals surface area contributed by atoms with E-state index in [1.54, 1.807) is 0 Å². The van der Waals surface area contributed by atoms with Gasteiger partial charge in [0.05, 0.1) is 4.47 Å². The van der Waals surface area contributed by atoms with E-state index in [-0.39, 0.29) is 5.54 Å². The van der Waals surface area contributed by atoms with Gasteiger partial charge in [0.15, 0.2) is 0 Å². The molecule has 0 bridgehead atoms. The smallest absolute Gasteiger partial charge is 0.134 e. The molecule has 0 radical (unpaired) electrons. The molecule has 1 aromatic carbocycles. The second-order valence-electron chi connectivity index (χ2n) is 5.23. The van der Waals surface area contributed by atoms with Crippen molar-refractivity contribution in [3.05, 3.63) is 40.4 Å². The molecule has 0 unspecified atom stereocenters. The van der Waals surface area contributed by atoms with Crippen molar-refractivity contribution in [2.45, 2.75) is 38.1 Å². The number of rotatable bonds is 4. The number of hydrogen-bond donors (Lipinski definition) is 1. The third-order valence-corrected chi connectivity index (χ3v) is 4.29. The summed E-state index contributed by atoms with van der Waals surface area (Å²) in [5.41, 5.74) is 8.49. The van der Waals surface area contributed by atoms with Gasteiger partial charge in [0.2, 0.25) is 0 Å². The number of halogens is 1. The van der Waals surface area contributed by atoms with Crippen LogP contribution >= 0.6 is 15.9 Å². The predicted molar refractivity (Wildman–Crippen MR) is 78.8 cm³/mol. The van der Waals surface area contributed by atoms with E-state index in [2.05, 4.69) is 28.6 Å². The SMILES string of the molecule is C=C(C)COc1cccc(C2(N)CCCC2)c1Br. The Morgan fingerprint density at radius 2 is 2.11 bits per heavy atom. The maximum absolute atomic E-state index is 6.50. The van der Waals surface area contributed by atoms with Crippen LogP contribution in [0.1, 0.15) is 38.2 Å². The first-order chi connectivity index (χ1) is 8.53. The van der Waals surface area contributed by atoms with E-state index in [1.807, 2.05) is 19.1 Å². The van der Waals surface area contributed by atoms with Gasteiger partial charge < -0.3 is 10.5 Å². The molecular formula is C15H20BrNO. The molecule has 0 saturated heterocycles. The minimum atomic E-state index is -0.193. The highest BCUT2D eigenvalue weighted by Gasteiger charge is 2.33. The lowest BCUT2D eigenvalue weighted by atomic mass is 9.89. The van der Waals surface area contributed by atoms with E-state index in [4.69, 9.17) is 10.5 Å². The largest absolute Gasteiger partial charge is 0.488 e. The van der Waals surface area contributed by atoms with Crippen molar-refractivity contribution in [1.29, 1.82) is 0 Å². The Morgan fingerprint density at radius 3 is 2.72 bits per heavy atom. The average Bonchev–Trinajstić information content (AvgIpc) is 2.75. The summed E-state index contributed by atoms with van der Waals surface area (Å²) in [6.45, 7) is 6.35. The van der Waals surface area contributed by atoms with Gasteiger partial charge >= 0.3 is 0 Å². The highest BCUT2D eigenvalue weighted by Crippen LogP contribution is 2.42. The lowest BCUT2D eigenvalue weighted by molar-refractivity contribution is 0.347. The van der Waals surface area contributed by atoms with E-state index >= 15 is 0 Å². The first-order valence-corrected chi connectivity index (χ1v) is 7.17. The Labute approximate surface area is 117 Å². The molecule has 1 aliphatic carbocycles. The van der Waals surface area contributed by atoms with E-state index < -0.39 is 0 Å². The van der Waals surface area contributed by atoms with Crippen LogP contribution in [-0.2, 0) is 5.54 Å². The first-order valence-electron chi connectivity index (χ1n) is 6.38. The van der Waals surface area contributed by atoms with Gasteiger partial charge in [-0.25, -0.2) is 0 Å². The molecule has 0 spiro atoms. The number of hydrogen-bond acceptors (Lipinski definition) is 2. The van der Waals surface area contributed by atoms with Gasteiger partial charge in [-0.2, -0.15) is 0 Å². The number of nitrogens with two attached hydrogens (primary N) is 1. The summed E-state index contributed by atoms with van der Waals surface area (Å²) in [6.07, 6.45) is 4.52. The summed E-state index contributed by atoms with van der Waals surface area (Å²) in [5, 5.41) is 0. The van der Waals surface area contributed by atoms with Crippen molar-refractivity contribution in [3.8, 4) is 5.75 Å². The Hall–Kier alpha value is -0.800. The molecule has 0 amide bonds. The number of ether oxygens (including phenoxy) is 1. The van der Waals surface area contributed by atoms with Crippen molar-refractivity contribution < 1.29 is 4.74 Å². The lowest BCUT2D eigenvalue weighted by Crippen LogP contribution is -2.33. The zero-order valence-corrected chi connectivity index (χ0v) is 12.4. The van der Waals surface area contributed by atoms with Crippen LogP contribution in [0.15, 0.2) is 34.8 Å². The van der Waals surface area contributed by atoms with Gasteiger partial charge in [0, 0.05) is 5.54 Å². The summed E-state index contributed by atoms with van der Waals surface area (Å²) in [5.74, 6) is 0.854. The Kier molecular flexibility index (Phi) is 4.13. The zero-order valence-electron chi connectivity index (χ0n) is 10.8. The molecule has 1 fully saturated rings. The Balaban J connectivity index is 2.26. The number of benzene rings is 1. The quantitative estimate of drug-likeness (QED) is 0.849. The van der Waals surface area contributed by atoms with Gasteiger partial charge in [-0.05, 0) is 52.9 Å². The molecule has 3 heteroatoms. The standard InChI is InChI=1S/C15H20BrNO/c1-11(2)10-18-13-7-5-6-12(14(13)16)15(17)8-3-4-9-15/h5-7H,1,3-4,8-10,17H2,2H3. The minimum Gasteiger partial charge on any atom is -0.488 e. The van der Waals surface area contributed by atoms with Crippen LogP contribution in [0.3, 0.4) is 0 Å². The van der Waals surface area contributed by atoms with E-state index in [0.717, 1.165) is 28.6 Å². The van der Waals surface area contributed by atoms with Crippen LogP contribution in [-0.4, -0.2) is 6.61 Å². The maximum atomic E-state index is 6.50. The van der Waals surface area contributed by atoms with Crippen LogP contribution < -0.4 is 10.5 Å². The average molecular weight is 310 g/mol. The molecule has 2 N–H and O–H groups in total. The fourth-order valence-corrected chi connectivity index (χ4v) is 3.26. The molecule has 0 heterocycles. The normalized spacial score (nSPS) is 17.7. The van der Waals surface area contributed by atoms with Crippen LogP contribution in [0.4, 0.5) is 0 Å². The van der Waals surface area contributed by atoms with E-state index in [9.17, 15) is 0 Å². The molecule has 0 aliphatic heterocycles. The zero-order chi connectivity index (χ0) is 13.2. The lowest BCUT2D eigenvalue weighted by Gasteiger charge is -2.26. The van der Waals surface area contributed by atoms with Crippen molar-refractivity contribution in [1.82, 2.24) is 0 Å². The van der Waals surface area contributed by atoms with Crippen molar-refractivity contribution in [2.24, 2.45) is 5.73 Å². The molecule has 1 aromatic rings. The Morgan fingerprint density at radius 1 is 1.44 bits per heavy atom. The summed E-state index contributed by atoms with van der Waals surface area (Å²) in [4.78, 5) is 0. The molecule has 2 rings (SSSR count). The monoisotopic (exact) mass is 309 g/mol. The van der Waals surface area contributed by atoms with Crippen LogP contribution in [0.5, 0.6) is 5.75 Å². The molecule has 98 valence electrons. The van der Waals surface area contributed by atoms with E-state index in [1.165, 1.54) is 18.4 Å². The van der Waals surface area contributed by atoms with Crippen LogP contribution in [0.2, 0.25) is 0 Å². The second-order valence-corrected chi connectivity index (χ2v) is 6.02. The molecule has 0 atom stereocenters. The molecular weight excluding hydrogens is 290 g/mol. The fourth-order valence-electron chi connectivity index (χ4n) is 2.48. The Bertz CT molecular complexity index is 450. The van der Waals surface area contributed by atoms with Gasteiger partial charge in [0.1, 0.15) is 12.4 Å². The molecule has 1 aliphatic rings. The molecule has 1 saturated carbocycles. The first kappa shape index (κ1) is 13.6. The van der Waals surface area contributed by atoms with Gasteiger partial charge in [-0.15, -0.1) is 0 Å². The summed E-state index contributed by atoms with van der Waals surface area (Å²) in [7, 11) is 0. The molecule has 2 nitrogen and oxygen atoms in total. The highest BCUT2D eigenvalue weighted by molar-refractivity contribution is 9.10. The molecule has 0 aromatic heterocycles. The second kappa shape index (κ2) is 5.45. The minimum absolute atomic E-state index is 0.193. The van der Waals surface area contributed by atoms with Crippen molar-refractivity contribution in [2.75, 3.05) is 6.61 Å². The van der Waals surface area contributed by atoms with Crippen LogP contribution in [0.25, 0.3) is 0 Å². The summed E-state index contributed by atoms with van der Waals surface area (Å²) >= 11 is 3.64. The maximum Gasteiger partial charge on any atom is 0.134 e. The van der Waals surface area contributed by atoms with Gasteiger partial charge in [0.25, 0.3) is 0 Å². The van der Waals surface area contributed by atoms with Gasteiger partial charge in [-0.3, -0.25) is 0 Å². The topological polar surface area (TPSA) is 35.2 Å². The fraction of sp³-hybridized carbons (Fsp3) is 0.467. The summed E-state index contributed by atoms with van der Waals surface area (Å²) in [6, 6.07) is 6.08. The third kappa shape index (κ3) is 2.78. The van der Waals surface area contributed by atoms with E-state index in [0.29, 0.717) is 6.61 Å². The third-order valence-electron chi connectivity index (χ3n) is 3.47. The summed E-state index contributed by atoms with van der Waals surface area (Å²) < 4.78 is 6.74. The van der Waals surface area contributed by atoms with Gasteiger partial charge in [-0.1, -0.05) is 31.6 Å². The van der Waals surface area contributed by atoms with Crippen LogP contribution in [0, 0.1) is 0 Å². The highest BCUT2D eigenvalue weighted by atomic mass is 79.9. The van der Waals surface area contributed by atoms with Crippen molar-refractivity contribution in [3.63, 3.8) is 0 Å². The molecule has 18 heavy (non-hydrogen) atoms. The van der Waals surface area contributed by atoms with Crippen molar-refractivity contribution >= 4 is 15.9 Å².